The summed E-state index contributed by atoms with van der Waals surface area (Å²) in [5, 5.41) is 19.5. The number of aryl methyl sites for hydroxylation is 1. The Morgan fingerprint density at radius 3 is 2.66 bits per heavy atom. The van der Waals surface area contributed by atoms with Gasteiger partial charge in [-0.1, -0.05) is 6.92 Å². The Bertz CT molecular complexity index is 1350. The van der Waals surface area contributed by atoms with Gasteiger partial charge < -0.3 is 19.5 Å². The smallest absolute Gasteiger partial charge is 0.341 e. The van der Waals surface area contributed by atoms with Crippen LogP contribution in [-0.4, -0.2) is 40.2 Å². The van der Waals surface area contributed by atoms with Gasteiger partial charge in [0.15, 0.2) is 11.5 Å². The highest BCUT2D eigenvalue weighted by molar-refractivity contribution is 7.16. The molecule has 0 radical (unpaired) electrons. The van der Waals surface area contributed by atoms with Crippen LogP contribution in [0.2, 0.25) is 0 Å². The summed E-state index contributed by atoms with van der Waals surface area (Å²) < 4.78 is 7.63. The molecule has 1 unspecified atom stereocenters. The molecule has 0 saturated heterocycles. The SMILES string of the molecule is COc1c(-c2cc3c(s2)CCC(C)(CO)C3=O)ccc2c(=O)c(C(=O)O)cn(C3CC3)c12. The van der Waals surface area contributed by atoms with Gasteiger partial charge in [0.05, 0.1) is 30.0 Å². The van der Waals surface area contributed by atoms with Crippen LogP contribution in [0, 0.1) is 5.41 Å². The zero-order valence-electron chi connectivity index (χ0n) is 17.8. The topological polar surface area (TPSA) is 106 Å². The van der Waals surface area contributed by atoms with Crippen molar-refractivity contribution in [1.29, 1.82) is 0 Å². The Morgan fingerprint density at radius 2 is 2.03 bits per heavy atom. The maximum atomic E-state index is 13.0. The molecule has 2 heterocycles. The van der Waals surface area contributed by atoms with E-state index in [-0.39, 0.29) is 24.0 Å². The predicted octanol–water partition coefficient (Wildman–Crippen LogP) is 3.90. The molecule has 0 spiro atoms. The number of thiophene rings is 1. The zero-order chi connectivity index (χ0) is 22.8. The molecule has 2 aliphatic rings. The summed E-state index contributed by atoms with van der Waals surface area (Å²) in [4.78, 5) is 39.3. The van der Waals surface area contributed by atoms with Crippen LogP contribution in [0.5, 0.6) is 5.75 Å². The number of aromatic carboxylic acids is 1. The molecule has 2 aliphatic carbocycles. The van der Waals surface area contributed by atoms with Gasteiger partial charge in [-0.25, -0.2) is 4.79 Å². The minimum Gasteiger partial charge on any atom is -0.494 e. The number of ketones is 1. The first-order chi connectivity index (χ1) is 15.3. The molecule has 1 saturated carbocycles. The van der Waals surface area contributed by atoms with Gasteiger partial charge in [0.2, 0.25) is 5.43 Å². The molecule has 8 heteroatoms. The summed E-state index contributed by atoms with van der Waals surface area (Å²) in [5.74, 6) is -0.797. The van der Waals surface area contributed by atoms with E-state index in [9.17, 15) is 24.6 Å². The summed E-state index contributed by atoms with van der Waals surface area (Å²) >= 11 is 1.52. The van der Waals surface area contributed by atoms with Crippen molar-refractivity contribution in [3.8, 4) is 16.2 Å². The molecule has 0 bridgehead atoms. The first-order valence-corrected chi connectivity index (χ1v) is 11.4. The largest absolute Gasteiger partial charge is 0.494 e. The van der Waals surface area contributed by atoms with E-state index in [1.54, 1.807) is 19.1 Å². The lowest BCUT2D eigenvalue weighted by atomic mass is 9.75. The van der Waals surface area contributed by atoms with Crippen LogP contribution in [0.3, 0.4) is 0 Å². The van der Waals surface area contributed by atoms with Crippen molar-refractivity contribution in [3.05, 3.63) is 50.6 Å². The molecule has 1 aromatic carbocycles. The fourth-order valence-electron chi connectivity index (χ4n) is 4.53. The molecular formula is C24H23NO6S. The second-order valence-corrected chi connectivity index (χ2v) is 9.99. The lowest BCUT2D eigenvalue weighted by molar-refractivity contribution is 0.0642. The number of hydrogen-bond acceptors (Lipinski definition) is 6. The number of pyridine rings is 1. The summed E-state index contributed by atoms with van der Waals surface area (Å²) in [6.07, 6.45) is 4.56. The number of aliphatic hydroxyl groups excluding tert-OH is 1. The Labute approximate surface area is 187 Å². The first-order valence-electron chi connectivity index (χ1n) is 10.6. The monoisotopic (exact) mass is 453 g/mol. The number of hydrogen-bond donors (Lipinski definition) is 2. The normalized spacial score (nSPS) is 20.4. The number of Topliss-reactive ketones (excluding diaryl/α,β-unsaturated/α-hetero) is 1. The van der Waals surface area contributed by atoms with Gasteiger partial charge in [-0.05, 0) is 43.9 Å². The number of aromatic nitrogens is 1. The number of rotatable bonds is 5. The van der Waals surface area contributed by atoms with Gasteiger partial charge in [0.25, 0.3) is 0 Å². The molecule has 1 fully saturated rings. The standard InChI is InChI=1S/C24H23NO6S/c1-24(11-26)8-7-17-15(22(24)28)9-18(32-17)13-5-6-14-19(21(13)31-2)25(12-3-4-12)10-16(20(14)27)23(29)30/h5-6,9-10,12,26H,3-4,7-8,11H2,1-2H3,(H,29,30). The molecule has 166 valence electrons. The van der Waals surface area contributed by atoms with E-state index in [4.69, 9.17) is 4.74 Å². The van der Waals surface area contributed by atoms with Gasteiger partial charge in [-0.3, -0.25) is 9.59 Å². The number of ether oxygens (including phenoxy) is 1. The number of carboxylic acids is 1. The summed E-state index contributed by atoms with van der Waals surface area (Å²) in [6, 6.07) is 5.39. The zero-order valence-corrected chi connectivity index (χ0v) is 18.6. The Balaban J connectivity index is 1.74. The van der Waals surface area contributed by atoms with Crippen molar-refractivity contribution >= 4 is 34.0 Å². The van der Waals surface area contributed by atoms with Gasteiger partial charge >= 0.3 is 5.97 Å². The van der Waals surface area contributed by atoms with Crippen molar-refractivity contribution in [2.45, 2.75) is 38.6 Å². The van der Waals surface area contributed by atoms with Crippen LogP contribution in [0.4, 0.5) is 0 Å². The lowest BCUT2D eigenvalue weighted by Crippen LogP contribution is -2.35. The van der Waals surface area contributed by atoms with Crippen LogP contribution >= 0.6 is 11.3 Å². The minimum absolute atomic E-state index is 0.0514. The molecule has 3 aromatic rings. The average molecular weight is 454 g/mol. The minimum atomic E-state index is -1.24. The number of carbonyl (C=O) groups is 2. The summed E-state index contributed by atoms with van der Waals surface area (Å²) in [5.41, 5.74) is 0.428. The van der Waals surface area contributed by atoms with Crippen LogP contribution < -0.4 is 10.2 Å². The maximum absolute atomic E-state index is 13.0. The number of fused-ring (bicyclic) bond motifs is 2. The highest BCUT2D eigenvalue weighted by Gasteiger charge is 2.39. The van der Waals surface area contributed by atoms with Gasteiger partial charge in [0.1, 0.15) is 5.56 Å². The predicted molar refractivity (Wildman–Crippen MR) is 121 cm³/mol. The Kier molecular flexibility index (Phi) is 4.76. The fourth-order valence-corrected chi connectivity index (χ4v) is 5.71. The van der Waals surface area contributed by atoms with E-state index >= 15 is 0 Å². The summed E-state index contributed by atoms with van der Waals surface area (Å²) in [7, 11) is 1.53. The molecule has 7 nitrogen and oxygen atoms in total. The molecule has 0 amide bonds. The molecule has 5 rings (SSSR count). The molecule has 0 aliphatic heterocycles. The first kappa shape index (κ1) is 20.9. The lowest BCUT2D eigenvalue weighted by Gasteiger charge is -2.29. The van der Waals surface area contributed by atoms with Crippen LogP contribution in [0.1, 0.15) is 57.8 Å². The number of benzene rings is 1. The molecule has 2 aromatic heterocycles. The highest BCUT2D eigenvalue weighted by atomic mass is 32.1. The number of aliphatic hydroxyl groups is 1. The Hall–Kier alpha value is -2.97. The number of carboxylic acid groups (broad SMARTS) is 1. The van der Waals surface area contributed by atoms with E-state index in [1.165, 1.54) is 24.6 Å². The number of nitrogens with zero attached hydrogens (tertiary/aromatic N) is 1. The highest BCUT2D eigenvalue weighted by Crippen LogP contribution is 2.46. The van der Waals surface area contributed by atoms with Crippen molar-refractivity contribution in [1.82, 2.24) is 4.57 Å². The third-order valence-corrected chi connectivity index (χ3v) is 7.87. The van der Waals surface area contributed by atoms with Crippen molar-refractivity contribution < 1.29 is 24.5 Å². The van der Waals surface area contributed by atoms with E-state index < -0.39 is 16.8 Å². The maximum Gasteiger partial charge on any atom is 0.341 e. The van der Waals surface area contributed by atoms with E-state index in [0.717, 1.165) is 28.2 Å². The van der Waals surface area contributed by atoms with Crippen LogP contribution in [0.25, 0.3) is 21.3 Å². The molecule has 2 N–H and O–H groups in total. The second-order valence-electron chi connectivity index (χ2n) is 8.85. The van der Waals surface area contributed by atoms with Gasteiger partial charge in [0, 0.05) is 33.1 Å². The number of methoxy groups -OCH3 is 1. The van der Waals surface area contributed by atoms with E-state index in [0.29, 0.717) is 35.1 Å². The van der Waals surface area contributed by atoms with Crippen LogP contribution in [-0.2, 0) is 6.42 Å². The number of carbonyl (C=O) groups excluding carboxylic acids is 1. The van der Waals surface area contributed by atoms with Gasteiger partial charge in [-0.2, -0.15) is 0 Å². The van der Waals surface area contributed by atoms with Crippen molar-refractivity contribution in [2.24, 2.45) is 5.41 Å². The van der Waals surface area contributed by atoms with Crippen molar-refractivity contribution in [2.75, 3.05) is 13.7 Å². The summed E-state index contributed by atoms with van der Waals surface area (Å²) in [6.45, 7) is 1.61. The van der Waals surface area contributed by atoms with Gasteiger partial charge in [-0.15, -0.1) is 11.3 Å². The average Bonchev–Trinajstić information content (AvgIpc) is 3.54. The van der Waals surface area contributed by atoms with Crippen molar-refractivity contribution in [3.63, 3.8) is 0 Å². The van der Waals surface area contributed by atoms with E-state index in [1.807, 2.05) is 10.6 Å². The third kappa shape index (κ3) is 3.01. The van der Waals surface area contributed by atoms with E-state index in [2.05, 4.69) is 0 Å². The molecule has 1 atom stereocenters. The quantitative estimate of drug-likeness (QED) is 0.607. The third-order valence-electron chi connectivity index (χ3n) is 6.64. The van der Waals surface area contributed by atoms with Crippen LogP contribution in [0.15, 0.2) is 29.2 Å². The Morgan fingerprint density at radius 1 is 1.28 bits per heavy atom. The second kappa shape index (κ2) is 7.28. The fraction of sp³-hybridized carbons (Fsp3) is 0.375. The molecular weight excluding hydrogens is 430 g/mol. The molecule has 32 heavy (non-hydrogen) atoms.